The molecular weight excluding hydrogens is 518 g/mol. The van der Waals surface area contributed by atoms with E-state index in [9.17, 15) is 0 Å². The van der Waals surface area contributed by atoms with Crippen molar-refractivity contribution in [3.05, 3.63) is 65.6 Å². The lowest BCUT2D eigenvalue weighted by Gasteiger charge is -2.37. The van der Waals surface area contributed by atoms with Gasteiger partial charge < -0.3 is 20.4 Å². The maximum atomic E-state index is 4.57. The first-order valence-electron chi connectivity index (χ1n) is 14.0. The second-order valence-electron chi connectivity index (χ2n) is 10.5. The van der Waals surface area contributed by atoms with Crippen molar-refractivity contribution >= 4 is 56.2 Å². The number of rotatable bonds is 10. The molecular formula is C30H35N9S. The van der Waals surface area contributed by atoms with E-state index in [-0.39, 0.29) is 0 Å². The van der Waals surface area contributed by atoms with E-state index in [0.717, 1.165) is 90.6 Å². The number of anilines is 4. The molecule has 0 radical (unpaired) electrons. The third-order valence-electron chi connectivity index (χ3n) is 7.38. The summed E-state index contributed by atoms with van der Waals surface area (Å²) in [5, 5.41) is 12.2. The second-order valence-corrected chi connectivity index (χ2v) is 11.5. The van der Waals surface area contributed by atoms with Gasteiger partial charge in [0.05, 0.1) is 16.0 Å². The van der Waals surface area contributed by atoms with Crippen molar-refractivity contribution < 1.29 is 0 Å². The summed E-state index contributed by atoms with van der Waals surface area (Å²) in [5.41, 5.74) is 4.34. The maximum Gasteiger partial charge on any atom is 0.137 e. The summed E-state index contributed by atoms with van der Waals surface area (Å²) in [6, 6.07) is 13.0. The van der Waals surface area contributed by atoms with Crippen LogP contribution in [0.4, 0.5) is 23.0 Å². The summed E-state index contributed by atoms with van der Waals surface area (Å²) in [4.78, 5) is 27.3. The third kappa shape index (κ3) is 5.91. The molecule has 0 bridgehead atoms. The number of piperazine rings is 1. The van der Waals surface area contributed by atoms with E-state index in [2.05, 4.69) is 95.6 Å². The highest BCUT2D eigenvalue weighted by Gasteiger charge is 2.19. The molecule has 9 nitrogen and oxygen atoms in total. The summed E-state index contributed by atoms with van der Waals surface area (Å²) in [6.07, 6.45) is 7.15. The minimum atomic E-state index is 0.660. The Labute approximate surface area is 238 Å². The number of aromatic nitrogens is 5. The molecule has 40 heavy (non-hydrogen) atoms. The molecule has 0 unspecified atom stereocenters. The number of nitrogens with one attached hydrogen (secondary N) is 2. The van der Waals surface area contributed by atoms with E-state index in [1.807, 2.05) is 11.6 Å². The topological polar surface area (TPSA) is 95.0 Å². The maximum absolute atomic E-state index is 4.57. The molecule has 0 spiro atoms. The van der Waals surface area contributed by atoms with Gasteiger partial charge in [-0.3, -0.25) is 0 Å². The highest BCUT2D eigenvalue weighted by atomic mass is 32.1. The second kappa shape index (κ2) is 12.0. The smallest absolute Gasteiger partial charge is 0.137 e. The molecule has 2 N–H and O–H groups in total. The molecule has 3 aromatic heterocycles. The molecule has 0 saturated carbocycles. The Kier molecular flexibility index (Phi) is 7.85. The zero-order chi connectivity index (χ0) is 27.3. The number of hydrogen-bond acceptors (Lipinski definition) is 10. The average molecular weight is 554 g/mol. The van der Waals surface area contributed by atoms with Crippen LogP contribution in [0.3, 0.4) is 0 Å². The Morgan fingerprint density at radius 2 is 1.32 bits per heavy atom. The van der Waals surface area contributed by atoms with E-state index in [4.69, 9.17) is 0 Å². The largest absolute Gasteiger partial charge is 0.369 e. The van der Waals surface area contributed by atoms with Crippen LogP contribution in [0.25, 0.3) is 21.8 Å². The van der Waals surface area contributed by atoms with Gasteiger partial charge in [0.1, 0.15) is 24.3 Å². The fraction of sp³-hybridized carbons (Fsp3) is 0.367. The van der Waals surface area contributed by atoms with Crippen LogP contribution < -0.4 is 20.4 Å². The molecule has 6 rings (SSSR count). The van der Waals surface area contributed by atoms with Gasteiger partial charge >= 0.3 is 0 Å². The monoisotopic (exact) mass is 553 g/mol. The van der Waals surface area contributed by atoms with Crippen molar-refractivity contribution in [2.24, 2.45) is 5.92 Å². The molecule has 1 aliphatic heterocycles. The number of thiazole rings is 1. The van der Waals surface area contributed by atoms with Crippen LogP contribution in [0, 0.1) is 5.92 Å². The van der Waals surface area contributed by atoms with Gasteiger partial charge in [0.15, 0.2) is 0 Å². The van der Waals surface area contributed by atoms with E-state index in [1.54, 1.807) is 24.0 Å². The minimum absolute atomic E-state index is 0.660. The SMILES string of the molecule is CC(C)CCNc1ncnc2cc(N3CCN(c4ccc5c(NCCc6nccs6)ncnc5c4)CC3)ccc12. The van der Waals surface area contributed by atoms with Crippen LogP contribution in [0.5, 0.6) is 0 Å². The molecule has 10 heteroatoms. The van der Waals surface area contributed by atoms with Crippen molar-refractivity contribution in [2.75, 3.05) is 59.7 Å². The molecule has 4 heterocycles. The highest BCUT2D eigenvalue weighted by molar-refractivity contribution is 7.09. The predicted molar refractivity (Wildman–Crippen MR) is 166 cm³/mol. The van der Waals surface area contributed by atoms with Crippen molar-refractivity contribution in [3.8, 4) is 0 Å². The van der Waals surface area contributed by atoms with Crippen LogP contribution >= 0.6 is 11.3 Å². The molecule has 1 aliphatic rings. The summed E-state index contributed by atoms with van der Waals surface area (Å²) < 4.78 is 0. The summed E-state index contributed by atoms with van der Waals surface area (Å²) in [7, 11) is 0. The Balaban J connectivity index is 1.09. The molecule has 2 aromatic carbocycles. The molecule has 0 amide bonds. The van der Waals surface area contributed by atoms with E-state index in [0.29, 0.717) is 5.92 Å². The number of benzene rings is 2. The first kappa shape index (κ1) is 26.2. The Bertz CT molecular complexity index is 1560. The lowest BCUT2D eigenvalue weighted by molar-refractivity contribution is 0.607. The first-order chi connectivity index (χ1) is 19.6. The Hall–Kier alpha value is -4.05. The number of nitrogens with zero attached hydrogens (tertiary/aromatic N) is 7. The van der Waals surface area contributed by atoms with Crippen LogP contribution in [0.2, 0.25) is 0 Å². The standard InChI is InChI=1S/C30H35N9S/c1-21(2)7-9-32-29-24-5-3-22(17-26(24)34-19-36-29)38-12-14-39(15-13-38)23-4-6-25-27(18-23)35-20-37-30(25)33-10-8-28-31-11-16-40-28/h3-6,11,16-21H,7-10,12-15H2,1-2H3,(H,32,34,36)(H,33,35,37). The first-order valence-corrected chi connectivity index (χ1v) is 14.9. The van der Waals surface area contributed by atoms with Gasteiger partial charge in [0.2, 0.25) is 0 Å². The van der Waals surface area contributed by atoms with Gasteiger partial charge in [-0.25, -0.2) is 24.9 Å². The molecule has 5 aromatic rings. The van der Waals surface area contributed by atoms with Gasteiger partial charge in [-0.2, -0.15) is 0 Å². The van der Waals surface area contributed by atoms with Crippen LogP contribution in [0.15, 0.2) is 60.6 Å². The number of fused-ring (bicyclic) bond motifs is 2. The average Bonchev–Trinajstić information content (AvgIpc) is 3.50. The van der Waals surface area contributed by atoms with E-state index >= 15 is 0 Å². The van der Waals surface area contributed by atoms with Crippen molar-refractivity contribution in [2.45, 2.75) is 26.7 Å². The molecule has 0 atom stereocenters. The number of hydrogen-bond donors (Lipinski definition) is 2. The Morgan fingerprint density at radius 3 is 1.85 bits per heavy atom. The molecule has 1 saturated heterocycles. The van der Waals surface area contributed by atoms with Crippen LogP contribution in [-0.4, -0.2) is 64.2 Å². The van der Waals surface area contributed by atoms with Gasteiger partial charge in [0, 0.05) is 79.4 Å². The molecule has 206 valence electrons. The molecule has 0 aliphatic carbocycles. The molecule has 1 fully saturated rings. The predicted octanol–water partition coefficient (Wildman–Crippen LogP) is 5.47. The summed E-state index contributed by atoms with van der Waals surface area (Å²) in [5.74, 6) is 2.45. The fourth-order valence-electron chi connectivity index (χ4n) is 5.13. The minimum Gasteiger partial charge on any atom is -0.369 e. The summed E-state index contributed by atoms with van der Waals surface area (Å²) >= 11 is 1.68. The van der Waals surface area contributed by atoms with Crippen LogP contribution in [0.1, 0.15) is 25.3 Å². The van der Waals surface area contributed by atoms with Crippen molar-refractivity contribution in [1.82, 2.24) is 24.9 Å². The van der Waals surface area contributed by atoms with Crippen LogP contribution in [-0.2, 0) is 6.42 Å². The van der Waals surface area contributed by atoms with Crippen molar-refractivity contribution in [3.63, 3.8) is 0 Å². The lowest BCUT2D eigenvalue weighted by Crippen LogP contribution is -2.46. The van der Waals surface area contributed by atoms with Gasteiger partial charge in [-0.1, -0.05) is 13.8 Å². The summed E-state index contributed by atoms with van der Waals surface area (Å²) in [6.45, 7) is 9.96. The normalized spacial score (nSPS) is 13.9. The van der Waals surface area contributed by atoms with Gasteiger partial charge in [-0.05, 0) is 48.7 Å². The third-order valence-corrected chi connectivity index (χ3v) is 8.22. The van der Waals surface area contributed by atoms with Gasteiger partial charge in [0.25, 0.3) is 0 Å². The van der Waals surface area contributed by atoms with Crippen molar-refractivity contribution in [1.29, 1.82) is 0 Å². The van der Waals surface area contributed by atoms with E-state index < -0.39 is 0 Å². The Morgan fingerprint density at radius 1 is 0.750 bits per heavy atom. The quantitative estimate of drug-likeness (QED) is 0.233. The van der Waals surface area contributed by atoms with E-state index in [1.165, 1.54) is 11.4 Å². The zero-order valence-electron chi connectivity index (χ0n) is 23.0. The zero-order valence-corrected chi connectivity index (χ0v) is 23.9. The van der Waals surface area contributed by atoms with Gasteiger partial charge in [-0.15, -0.1) is 11.3 Å². The fourth-order valence-corrected chi connectivity index (χ4v) is 5.75. The highest BCUT2D eigenvalue weighted by Crippen LogP contribution is 2.28. The lowest BCUT2D eigenvalue weighted by atomic mass is 10.1.